The number of hydrogen-bond acceptors (Lipinski definition) is 4. The summed E-state index contributed by atoms with van der Waals surface area (Å²) in [5.41, 5.74) is 5.78. The fourth-order valence-electron chi connectivity index (χ4n) is 1.92. The number of imidazole rings is 1. The van der Waals surface area contributed by atoms with E-state index in [0.29, 0.717) is 30.8 Å². The van der Waals surface area contributed by atoms with E-state index in [9.17, 15) is 13.2 Å². The molecule has 0 fully saturated rings. The highest BCUT2D eigenvalue weighted by Crippen LogP contribution is 2.29. The highest BCUT2D eigenvalue weighted by molar-refractivity contribution is 6.00. The molecular weight excluding hydrogens is 309 g/mol. The number of benzene rings is 1. The van der Waals surface area contributed by atoms with E-state index in [0.717, 1.165) is 12.1 Å². The number of aryl methyl sites for hydroxylation is 1. The van der Waals surface area contributed by atoms with Gasteiger partial charge in [-0.2, -0.15) is 13.2 Å². The van der Waals surface area contributed by atoms with Gasteiger partial charge < -0.3 is 15.1 Å². The average molecular weight is 326 g/mol. The Morgan fingerprint density at radius 2 is 2.00 bits per heavy atom. The van der Waals surface area contributed by atoms with Crippen molar-refractivity contribution in [2.24, 2.45) is 10.9 Å². The molecule has 23 heavy (non-hydrogen) atoms. The summed E-state index contributed by atoms with van der Waals surface area (Å²) in [6.45, 7) is 1.15. The molecule has 0 radical (unpaired) electrons. The van der Waals surface area contributed by atoms with Gasteiger partial charge in [-0.05, 0) is 17.7 Å². The van der Waals surface area contributed by atoms with Gasteiger partial charge in [0.15, 0.2) is 0 Å². The van der Waals surface area contributed by atoms with Crippen molar-refractivity contribution < 1.29 is 18.0 Å². The molecule has 0 aliphatic heterocycles. The Hall–Kier alpha value is -2.35. The van der Waals surface area contributed by atoms with Crippen LogP contribution in [0.25, 0.3) is 0 Å². The molecule has 1 aromatic heterocycles. The van der Waals surface area contributed by atoms with Gasteiger partial charge in [0.05, 0.1) is 17.6 Å². The number of nitrogens with two attached hydrogens (primary N) is 1. The van der Waals surface area contributed by atoms with Gasteiger partial charge in [-0.3, -0.25) is 0 Å². The lowest BCUT2D eigenvalue weighted by Gasteiger charge is -2.10. The molecule has 0 atom stereocenters. The fraction of sp³-hybridized carbons (Fsp3) is 0.333. The number of aromatic nitrogens is 2. The molecule has 0 aliphatic rings. The molecule has 0 unspecified atom stereocenters. The van der Waals surface area contributed by atoms with Crippen LogP contribution < -0.4 is 5.73 Å². The molecule has 5 nitrogen and oxygen atoms in total. The number of halogens is 3. The molecule has 2 rings (SSSR count). The molecule has 2 N–H and O–H groups in total. The van der Waals surface area contributed by atoms with Crippen molar-refractivity contribution in [1.29, 1.82) is 0 Å². The number of rotatable bonds is 7. The van der Waals surface area contributed by atoms with E-state index in [4.69, 9.17) is 10.6 Å². The summed E-state index contributed by atoms with van der Waals surface area (Å²) in [4.78, 5) is 9.02. The third-order valence-electron chi connectivity index (χ3n) is 3.10. The van der Waals surface area contributed by atoms with Gasteiger partial charge >= 0.3 is 6.18 Å². The molecular formula is C15H17F3N4O. The lowest BCUT2D eigenvalue weighted by molar-refractivity contribution is -0.137. The van der Waals surface area contributed by atoms with Crippen LogP contribution in [0.4, 0.5) is 13.2 Å². The van der Waals surface area contributed by atoms with E-state index < -0.39 is 11.7 Å². The van der Waals surface area contributed by atoms with Crippen molar-refractivity contribution in [1.82, 2.24) is 9.55 Å². The first-order chi connectivity index (χ1) is 11.0. The molecule has 0 saturated heterocycles. The van der Waals surface area contributed by atoms with Crippen molar-refractivity contribution in [3.8, 4) is 0 Å². The highest BCUT2D eigenvalue weighted by atomic mass is 19.4. The SMILES string of the molecule is NCCO/N=C(\CCn1ccnc1)c1ccc(C(F)(F)F)cc1. The van der Waals surface area contributed by atoms with Crippen LogP contribution in [-0.2, 0) is 17.6 Å². The Bertz CT molecular complexity index is 621. The van der Waals surface area contributed by atoms with Crippen LogP contribution in [0.3, 0.4) is 0 Å². The normalized spacial score (nSPS) is 12.4. The molecule has 0 bridgehead atoms. The maximum absolute atomic E-state index is 12.6. The summed E-state index contributed by atoms with van der Waals surface area (Å²) in [6, 6.07) is 4.85. The first-order valence-corrected chi connectivity index (χ1v) is 7.03. The molecule has 124 valence electrons. The Morgan fingerprint density at radius 1 is 1.26 bits per heavy atom. The van der Waals surface area contributed by atoms with Gasteiger partial charge in [-0.25, -0.2) is 4.98 Å². The van der Waals surface area contributed by atoms with Gasteiger partial charge in [-0.15, -0.1) is 0 Å². The Morgan fingerprint density at radius 3 is 2.57 bits per heavy atom. The van der Waals surface area contributed by atoms with Crippen LogP contribution in [0, 0.1) is 0 Å². The predicted molar refractivity (Wildman–Crippen MR) is 79.8 cm³/mol. The van der Waals surface area contributed by atoms with Crippen LogP contribution in [0.1, 0.15) is 17.5 Å². The van der Waals surface area contributed by atoms with E-state index in [1.807, 2.05) is 4.57 Å². The second-order valence-electron chi connectivity index (χ2n) is 4.79. The third-order valence-corrected chi connectivity index (χ3v) is 3.10. The molecule has 1 aromatic carbocycles. The summed E-state index contributed by atoms with van der Waals surface area (Å²) in [5.74, 6) is 0. The third kappa shape index (κ3) is 5.10. The van der Waals surface area contributed by atoms with E-state index in [-0.39, 0.29) is 6.61 Å². The Labute approximate surface area is 131 Å². The van der Waals surface area contributed by atoms with E-state index in [1.165, 1.54) is 12.1 Å². The summed E-state index contributed by atoms with van der Waals surface area (Å²) in [6.07, 6.45) is 1.24. The number of nitrogens with zero attached hydrogens (tertiary/aromatic N) is 3. The molecule has 0 spiro atoms. The maximum atomic E-state index is 12.6. The first kappa shape index (κ1) is 17.0. The number of hydrogen-bond donors (Lipinski definition) is 1. The zero-order valence-electron chi connectivity index (χ0n) is 12.3. The van der Waals surface area contributed by atoms with Gasteiger partial charge in [0.25, 0.3) is 0 Å². The van der Waals surface area contributed by atoms with Crippen LogP contribution in [0.2, 0.25) is 0 Å². The lowest BCUT2D eigenvalue weighted by atomic mass is 10.1. The average Bonchev–Trinajstić information content (AvgIpc) is 3.03. The van der Waals surface area contributed by atoms with Crippen LogP contribution in [-0.4, -0.2) is 28.4 Å². The van der Waals surface area contributed by atoms with Crippen molar-refractivity contribution in [2.45, 2.75) is 19.1 Å². The standard InChI is InChI=1S/C15H17F3N4O/c16-15(17,18)13-3-1-12(2-4-13)14(21-23-10-6-19)5-8-22-9-7-20-11-22/h1-4,7,9,11H,5-6,8,10,19H2/b21-14+. The summed E-state index contributed by atoms with van der Waals surface area (Å²) < 4.78 is 39.7. The summed E-state index contributed by atoms with van der Waals surface area (Å²) in [5, 5.41) is 4.00. The van der Waals surface area contributed by atoms with E-state index in [1.54, 1.807) is 18.7 Å². The molecule has 2 aromatic rings. The topological polar surface area (TPSA) is 65.4 Å². The van der Waals surface area contributed by atoms with E-state index in [2.05, 4.69) is 10.1 Å². The Balaban J connectivity index is 2.13. The van der Waals surface area contributed by atoms with Crippen LogP contribution in [0.5, 0.6) is 0 Å². The van der Waals surface area contributed by atoms with Gasteiger partial charge in [0.1, 0.15) is 6.61 Å². The molecule has 0 aliphatic carbocycles. The quantitative estimate of drug-likeness (QED) is 0.483. The van der Waals surface area contributed by atoms with Crippen molar-refractivity contribution in [2.75, 3.05) is 13.2 Å². The minimum atomic E-state index is -4.36. The zero-order valence-corrected chi connectivity index (χ0v) is 12.3. The largest absolute Gasteiger partial charge is 0.416 e. The molecule has 8 heteroatoms. The van der Waals surface area contributed by atoms with Crippen molar-refractivity contribution in [3.63, 3.8) is 0 Å². The molecule has 1 heterocycles. The smallest absolute Gasteiger partial charge is 0.394 e. The highest BCUT2D eigenvalue weighted by Gasteiger charge is 2.30. The minimum absolute atomic E-state index is 0.245. The van der Waals surface area contributed by atoms with Crippen LogP contribution in [0.15, 0.2) is 48.1 Å². The Kier molecular flexibility index (Phi) is 5.75. The van der Waals surface area contributed by atoms with Gasteiger partial charge in [0, 0.05) is 31.9 Å². The van der Waals surface area contributed by atoms with Crippen molar-refractivity contribution >= 4 is 5.71 Å². The fourth-order valence-corrected chi connectivity index (χ4v) is 1.92. The summed E-state index contributed by atoms with van der Waals surface area (Å²) in [7, 11) is 0. The first-order valence-electron chi connectivity index (χ1n) is 7.03. The monoisotopic (exact) mass is 326 g/mol. The van der Waals surface area contributed by atoms with Gasteiger partial charge in [0.2, 0.25) is 0 Å². The minimum Gasteiger partial charge on any atom is -0.394 e. The predicted octanol–water partition coefficient (Wildman–Crippen LogP) is 2.67. The number of alkyl halides is 3. The van der Waals surface area contributed by atoms with E-state index >= 15 is 0 Å². The molecule has 0 saturated carbocycles. The van der Waals surface area contributed by atoms with Crippen molar-refractivity contribution in [3.05, 3.63) is 54.1 Å². The van der Waals surface area contributed by atoms with Crippen LogP contribution >= 0.6 is 0 Å². The van der Waals surface area contributed by atoms with Gasteiger partial charge in [-0.1, -0.05) is 17.3 Å². The zero-order chi connectivity index (χ0) is 16.7. The lowest BCUT2D eigenvalue weighted by Crippen LogP contribution is -2.11. The maximum Gasteiger partial charge on any atom is 0.416 e. The second-order valence-corrected chi connectivity index (χ2v) is 4.79. The summed E-state index contributed by atoms with van der Waals surface area (Å²) >= 11 is 0. The number of oxime groups is 1. The second kappa shape index (κ2) is 7.77. The molecule has 0 amide bonds.